The van der Waals surface area contributed by atoms with Gasteiger partial charge in [0, 0.05) is 23.3 Å². The predicted octanol–water partition coefficient (Wildman–Crippen LogP) is 7.45. The van der Waals surface area contributed by atoms with Crippen molar-refractivity contribution in [1.29, 1.82) is 0 Å². The topological polar surface area (TPSA) is 0 Å². The van der Waals surface area contributed by atoms with Gasteiger partial charge < -0.3 is 0 Å². The van der Waals surface area contributed by atoms with Crippen LogP contribution in [0.4, 0.5) is 0 Å². The van der Waals surface area contributed by atoms with Crippen molar-refractivity contribution in [1.82, 2.24) is 0 Å². The van der Waals surface area contributed by atoms with E-state index in [0.29, 0.717) is 0 Å². The molecule has 0 fully saturated rings. The zero-order valence-corrected chi connectivity index (χ0v) is 17.5. The van der Waals surface area contributed by atoms with Crippen LogP contribution >= 0.6 is 63.7 Å². The van der Waals surface area contributed by atoms with Crippen LogP contribution in [0.2, 0.25) is 0 Å². The maximum absolute atomic E-state index is 3.59. The molecule has 0 atom stereocenters. The van der Waals surface area contributed by atoms with Gasteiger partial charge in [0.25, 0.3) is 0 Å². The summed E-state index contributed by atoms with van der Waals surface area (Å²) >= 11 is 14.4. The van der Waals surface area contributed by atoms with Gasteiger partial charge in [-0.05, 0) is 53.9 Å². The molecule has 0 nitrogen and oxygen atoms in total. The van der Waals surface area contributed by atoms with Crippen molar-refractivity contribution in [3.05, 3.63) is 65.4 Å². The molecule has 2 aromatic carbocycles. The van der Waals surface area contributed by atoms with E-state index in [1.165, 1.54) is 11.1 Å². The molecule has 0 heterocycles. The summed E-state index contributed by atoms with van der Waals surface area (Å²) in [7, 11) is 0. The van der Waals surface area contributed by atoms with E-state index in [9.17, 15) is 0 Å². The summed E-state index contributed by atoms with van der Waals surface area (Å²) in [5.74, 6) is 0. The zero-order chi connectivity index (χ0) is 14.9. The molecule has 0 bridgehead atoms. The average Bonchev–Trinajstić information content (AvgIpc) is 2.35. The smallest absolute Gasteiger partial charge is 0.0189 e. The third kappa shape index (κ3) is 3.57. The standard InChI is InChI=1S/C16H14Br4/c1-3-16(2,10-4-12(17)8-13(18)5-10)11-6-14(19)9-15(20)7-11/h4-9H,3H2,1-2H3. The average molecular weight is 526 g/mol. The third-order valence-electron chi connectivity index (χ3n) is 3.71. The number of benzene rings is 2. The summed E-state index contributed by atoms with van der Waals surface area (Å²) in [5, 5.41) is 0. The van der Waals surface area contributed by atoms with Crippen LogP contribution in [0.3, 0.4) is 0 Å². The van der Waals surface area contributed by atoms with Gasteiger partial charge in [0.15, 0.2) is 0 Å². The molecule has 2 rings (SSSR count). The van der Waals surface area contributed by atoms with E-state index in [2.05, 4.69) is 114 Å². The Morgan fingerprint density at radius 1 is 0.700 bits per heavy atom. The van der Waals surface area contributed by atoms with Gasteiger partial charge >= 0.3 is 0 Å². The molecule has 0 aliphatic heterocycles. The van der Waals surface area contributed by atoms with Crippen molar-refractivity contribution in [3.63, 3.8) is 0 Å². The van der Waals surface area contributed by atoms with Crippen LogP contribution < -0.4 is 0 Å². The van der Waals surface area contributed by atoms with Crippen LogP contribution in [0.15, 0.2) is 54.3 Å². The highest BCUT2D eigenvalue weighted by Gasteiger charge is 2.28. The first kappa shape index (κ1) is 16.7. The quantitative estimate of drug-likeness (QED) is 0.390. The minimum absolute atomic E-state index is 0.0292. The first-order chi connectivity index (χ1) is 9.35. The normalized spacial score (nSPS) is 11.7. The van der Waals surface area contributed by atoms with Crippen molar-refractivity contribution < 1.29 is 0 Å². The molecule has 0 aromatic heterocycles. The molecule has 0 N–H and O–H groups in total. The molecule has 0 amide bonds. The van der Waals surface area contributed by atoms with Crippen LogP contribution in [0.1, 0.15) is 31.4 Å². The molecule has 2 aromatic rings. The van der Waals surface area contributed by atoms with Gasteiger partial charge in [0.05, 0.1) is 0 Å². The lowest BCUT2D eigenvalue weighted by molar-refractivity contribution is 0.548. The number of hydrogen-bond acceptors (Lipinski definition) is 0. The second kappa shape index (κ2) is 6.64. The van der Waals surface area contributed by atoms with Crippen molar-refractivity contribution in [2.24, 2.45) is 0 Å². The Morgan fingerprint density at radius 2 is 1.00 bits per heavy atom. The second-order valence-corrected chi connectivity index (χ2v) is 8.66. The second-order valence-electron chi connectivity index (χ2n) is 5.00. The lowest BCUT2D eigenvalue weighted by Gasteiger charge is -2.30. The SMILES string of the molecule is CCC(C)(c1cc(Br)cc(Br)c1)c1cc(Br)cc(Br)c1. The van der Waals surface area contributed by atoms with Gasteiger partial charge in [0.2, 0.25) is 0 Å². The van der Waals surface area contributed by atoms with Gasteiger partial charge in [-0.25, -0.2) is 0 Å². The molecular weight excluding hydrogens is 512 g/mol. The summed E-state index contributed by atoms with van der Waals surface area (Å²) in [6.07, 6.45) is 1.03. The van der Waals surface area contributed by atoms with Crippen LogP contribution in [-0.4, -0.2) is 0 Å². The van der Waals surface area contributed by atoms with Gasteiger partial charge in [-0.2, -0.15) is 0 Å². The molecular formula is C16H14Br4. The van der Waals surface area contributed by atoms with E-state index in [0.717, 1.165) is 24.3 Å². The van der Waals surface area contributed by atoms with E-state index in [-0.39, 0.29) is 5.41 Å². The number of halogens is 4. The van der Waals surface area contributed by atoms with E-state index >= 15 is 0 Å². The van der Waals surface area contributed by atoms with Crippen molar-refractivity contribution in [2.45, 2.75) is 25.7 Å². The van der Waals surface area contributed by atoms with Crippen LogP contribution in [-0.2, 0) is 5.41 Å². The maximum atomic E-state index is 3.59. The predicted molar refractivity (Wildman–Crippen MR) is 100 cm³/mol. The Hall–Kier alpha value is 0.360. The van der Waals surface area contributed by atoms with E-state index in [4.69, 9.17) is 0 Å². The molecule has 0 saturated heterocycles. The highest BCUT2D eigenvalue weighted by atomic mass is 79.9. The molecule has 106 valence electrons. The Bertz CT molecular complexity index is 542. The Balaban J connectivity index is 2.63. The van der Waals surface area contributed by atoms with Gasteiger partial charge in [0.1, 0.15) is 0 Å². The summed E-state index contributed by atoms with van der Waals surface area (Å²) in [5.41, 5.74) is 2.57. The largest absolute Gasteiger partial charge is 0.0642 e. The minimum atomic E-state index is -0.0292. The van der Waals surface area contributed by atoms with E-state index in [1.54, 1.807) is 0 Å². The van der Waals surface area contributed by atoms with Crippen LogP contribution in [0, 0.1) is 0 Å². The fraction of sp³-hybridized carbons (Fsp3) is 0.250. The number of hydrogen-bond donors (Lipinski definition) is 0. The third-order valence-corrected chi connectivity index (χ3v) is 5.54. The maximum Gasteiger partial charge on any atom is 0.0189 e. The fourth-order valence-electron chi connectivity index (χ4n) is 2.32. The molecule has 0 saturated carbocycles. The summed E-state index contributed by atoms with van der Waals surface area (Å²) in [6.45, 7) is 4.51. The Morgan fingerprint density at radius 3 is 1.25 bits per heavy atom. The van der Waals surface area contributed by atoms with Crippen LogP contribution in [0.5, 0.6) is 0 Å². The monoisotopic (exact) mass is 522 g/mol. The highest BCUT2D eigenvalue weighted by Crippen LogP contribution is 2.39. The molecule has 0 unspecified atom stereocenters. The molecule has 0 spiro atoms. The van der Waals surface area contributed by atoms with Crippen molar-refractivity contribution in [3.8, 4) is 0 Å². The Kier molecular flexibility index (Phi) is 5.55. The van der Waals surface area contributed by atoms with Crippen LogP contribution in [0.25, 0.3) is 0 Å². The van der Waals surface area contributed by atoms with Gasteiger partial charge in [-0.3, -0.25) is 0 Å². The lowest BCUT2D eigenvalue weighted by Crippen LogP contribution is -2.22. The number of rotatable bonds is 3. The Labute approximate surface area is 153 Å². The minimum Gasteiger partial charge on any atom is -0.0642 e. The molecule has 4 heteroatoms. The first-order valence-electron chi connectivity index (χ1n) is 6.28. The summed E-state index contributed by atoms with van der Waals surface area (Å²) in [4.78, 5) is 0. The molecule has 0 radical (unpaired) electrons. The molecule has 0 aliphatic rings. The lowest BCUT2D eigenvalue weighted by atomic mass is 9.74. The molecule has 0 aliphatic carbocycles. The van der Waals surface area contributed by atoms with E-state index < -0.39 is 0 Å². The fourth-order valence-corrected chi connectivity index (χ4v) is 4.91. The van der Waals surface area contributed by atoms with E-state index in [1.807, 2.05) is 0 Å². The zero-order valence-electron chi connectivity index (χ0n) is 11.2. The van der Waals surface area contributed by atoms with Crippen molar-refractivity contribution in [2.75, 3.05) is 0 Å². The summed E-state index contributed by atoms with van der Waals surface area (Å²) in [6, 6.07) is 12.9. The first-order valence-corrected chi connectivity index (χ1v) is 9.45. The van der Waals surface area contributed by atoms with Gasteiger partial charge in [-0.15, -0.1) is 0 Å². The highest BCUT2D eigenvalue weighted by molar-refractivity contribution is 9.11. The molecule has 20 heavy (non-hydrogen) atoms. The van der Waals surface area contributed by atoms with Crippen molar-refractivity contribution >= 4 is 63.7 Å². The van der Waals surface area contributed by atoms with Gasteiger partial charge in [-0.1, -0.05) is 77.6 Å². The summed E-state index contributed by atoms with van der Waals surface area (Å²) < 4.78 is 4.37.